The normalized spacial score (nSPS) is 31.8. The molecule has 0 aromatic heterocycles. The molecule has 0 aliphatic carbocycles. The van der Waals surface area contributed by atoms with Crippen LogP contribution in [-0.2, 0) is 14.3 Å². The summed E-state index contributed by atoms with van der Waals surface area (Å²) in [5, 5.41) is 2.81. The van der Waals surface area contributed by atoms with Crippen LogP contribution < -0.4 is 5.32 Å². The van der Waals surface area contributed by atoms with Crippen molar-refractivity contribution in [3.63, 3.8) is 0 Å². The summed E-state index contributed by atoms with van der Waals surface area (Å²) in [6.45, 7) is 1.94. The quantitative estimate of drug-likeness (QED) is 0.581. The van der Waals surface area contributed by atoms with E-state index >= 15 is 0 Å². The van der Waals surface area contributed by atoms with Crippen molar-refractivity contribution in [2.75, 3.05) is 13.7 Å². The first-order chi connectivity index (χ1) is 8.61. The Labute approximate surface area is 108 Å². The summed E-state index contributed by atoms with van der Waals surface area (Å²) < 4.78 is 4.70. The molecule has 2 aliphatic rings. The van der Waals surface area contributed by atoms with Gasteiger partial charge in [0.1, 0.15) is 0 Å². The Morgan fingerprint density at radius 1 is 1.28 bits per heavy atom. The minimum absolute atomic E-state index is 0.119. The Balaban J connectivity index is 1.88. The molecule has 5 nitrogen and oxygen atoms in total. The lowest BCUT2D eigenvalue weighted by molar-refractivity contribution is -0.155. The third kappa shape index (κ3) is 2.83. The predicted molar refractivity (Wildman–Crippen MR) is 67.0 cm³/mol. The Morgan fingerprint density at radius 2 is 1.89 bits per heavy atom. The van der Waals surface area contributed by atoms with Gasteiger partial charge in [-0.3, -0.25) is 4.79 Å². The smallest absolute Gasteiger partial charge is 0.396 e. The van der Waals surface area contributed by atoms with E-state index < -0.39 is 11.9 Å². The molecular weight excluding hydrogens is 232 g/mol. The van der Waals surface area contributed by atoms with Gasteiger partial charge in [-0.15, -0.1) is 0 Å². The van der Waals surface area contributed by atoms with E-state index in [0.29, 0.717) is 12.1 Å². The SMILES string of the molecule is CCOC(=O)C(=O)NC1CC2CCCC(C1)N2C. The molecule has 2 aliphatic heterocycles. The van der Waals surface area contributed by atoms with Gasteiger partial charge in [0.25, 0.3) is 0 Å². The van der Waals surface area contributed by atoms with Crippen molar-refractivity contribution in [3.05, 3.63) is 0 Å². The van der Waals surface area contributed by atoms with E-state index in [9.17, 15) is 9.59 Å². The van der Waals surface area contributed by atoms with Crippen LogP contribution in [0.3, 0.4) is 0 Å². The molecule has 0 radical (unpaired) electrons. The lowest BCUT2D eigenvalue weighted by Crippen LogP contribution is -2.56. The number of nitrogens with one attached hydrogen (secondary N) is 1. The average molecular weight is 254 g/mol. The molecular formula is C13H22N2O3. The van der Waals surface area contributed by atoms with Crippen LogP contribution in [0.15, 0.2) is 0 Å². The van der Waals surface area contributed by atoms with Crippen LogP contribution in [0.4, 0.5) is 0 Å². The molecule has 5 heteroatoms. The number of carbonyl (C=O) groups excluding carboxylic acids is 2. The maximum atomic E-state index is 11.6. The van der Waals surface area contributed by atoms with Crippen LogP contribution in [-0.4, -0.2) is 48.6 Å². The number of rotatable bonds is 2. The minimum Gasteiger partial charge on any atom is -0.459 e. The molecule has 0 spiro atoms. The Bertz CT molecular complexity index is 318. The minimum atomic E-state index is -0.762. The van der Waals surface area contributed by atoms with Gasteiger partial charge in [-0.1, -0.05) is 6.42 Å². The van der Waals surface area contributed by atoms with Crippen molar-refractivity contribution < 1.29 is 14.3 Å². The number of hydrogen-bond donors (Lipinski definition) is 1. The van der Waals surface area contributed by atoms with Gasteiger partial charge in [0.05, 0.1) is 6.61 Å². The fourth-order valence-electron chi connectivity index (χ4n) is 3.17. The summed E-state index contributed by atoms with van der Waals surface area (Å²) >= 11 is 0. The van der Waals surface area contributed by atoms with Gasteiger partial charge in [-0.25, -0.2) is 4.79 Å². The highest BCUT2D eigenvalue weighted by atomic mass is 16.5. The maximum Gasteiger partial charge on any atom is 0.396 e. The van der Waals surface area contributed by atoms with Crippen molar-refractivity contribution in [2.45, 2.75) is 57.2 Å². The van der Waals surface area contributed by atoms with Gasteiger partial charge in [-0.2, -0.15) is 0 Å². The molecule has 0 saturated carbocycles. The van der Waals surface area contributed by atoms with Crippen molar-refractivity contribution in [3.8, 4) is 0 Å². The zero-order chi connectivity index (χ0) is 13.1. The fraction of sp³-hybridized carbons (Fsp3) is 0.846. The van der Waals surface area contributed by atoms with E-state index in [0.717, 1.165) is 12.8 Å². The molecule has 102 valence electrons. The van der Waals surface area contributed by atoms with Crippen LogP contribution in [0.25, 0.3) is 0 Å². The monoisotopic (exact) mass is 254 g/mol. The van der Waals surface area contributed by atoms with Gasteiger partial charge in [0, 0.05) is 18.1 Å². The van der Waals surface area contributed by atoms with E-state index in [1.807, 2.05) is 0 Å². The molecule has 0 aromatic rings. The molecule has 18 heavy (non-hydrogen) atoms. The fourth-order valence-corrected chi connectivity index (χ4v) is 3.17. The predicted octanol–water partition coefficient (Wildman–Crippen LogP) is 0.681. The summed E-state index contributed by atoms with van der Waals surface area (Å²) in [6, 6.07) is 1.21. The number of amides is 1. The standard InChI is InChI=1S/C13H22N2O3/c1-3-18-13(17)12(16)14-9-7-10-5-4-6-11(8-9)15(10)2/h9-11H,3-8H2,1-2H3,(H,14,16). The summed E-state index contributed by atoms with van der Waals surface area (Å²) in [4.78, 5) is 25.3. The molecule has 2 unspecified atom stereocenters. The number of ether oxygens (including phenoxy) is 1. The molecule has 2 atom stereocenters. The average Bonchev–Trinajstić information content (AvgIpc) is 2.30. The highest BCUT2D eigenvalue weighted by molar-refractivity contribution is 6.32. The van der Waals surface area contributed by atoms with E-state index in [4.69, 9.17) is 4.74 Å². The van der Waals surface area contributed by atoms with Gasteiger partial charge >= 0.3 is 11.9 Å². The number of carbonyl (C=O) groups is 2. The van der Waals surface area contributed by atoms with Crippen LogP contribution >= 0.6 is 0 Å². The van der Waals surface area contributed by atoms with E-state index in [1.165, 1.54) is 19.3 Å². The summed E-state index contributed by atoms with van der Waals surface area (Å²) in [7, 11) is 2.16. The van der Waals surface area contributed by atoms with Gasteiger partial charge in [0.2, 0.25) is 0 Å². The van der Waals surface area contributed by atoms with E-state index in [1.54, 1.807) is 6.92 Å². The van der Waals surface area contributed by atoms with Crippen molar-refractivity contribution in [1.29, 1.82) is 0 Å². The van der Waals surface area contributed by atoms with Crippen molar-refractivity contribution >= 4 is 11.9 Å². The Kier molecular flexibility index (Phi) is 4.22. The van der Waals surface area contributed by atoms with E-state index in [-0.39, 0.29) is 12.6 Å². The van der Waals surface area contributed by atoms with Crippen LogP contribution in [0, 0.1) is 0 Å². The molecule has 1 amide bonds. The first-order valence-corrected chi connectivity index (χ1v) is 6.81. The first kappa shape index (κ1) is 13.3. The zero-order valence-corrected chi connectivity index (χ0v) is 11.1. The number of hydrogen-bond acceptors (Lipinski definition) is 4. The van der Waals surface area contributed by atoms with Gasteiger partial charge in [-0.05, 0) is 39.7 Å². The third-order valence-corrected chi connectivity index (χ3v) is 4.14. The lowest BCUT2D eigenvalue weighted by Gasteiger charge is -2.47. The van der Waals surface area contributed by atoms with Gasteiger partial charge in [0.15, 0.2) is 0 Å². The molecule has 1 N–H and O–H groups in total. The molecule has 2 saturated heterocycles. The highest BCUT2D eigenvalue weighted by Crippen LogP contribution is 2.32. The number of esters is 1. The zero-order valence-electron chi connectivity index (χ0n) is 11.1. The third-order valence-electron chi connectivity index (χ3n) is 4.14. The molecule has 2 bridgehead atoms. The first-order valence-electron chi connectivity index (χ1n) is 6.81. The topological polar surface area (TPSA) is 58.6 Å². The Hall–Kier alpha value is -1.10. The Morgan fingerprint density at radius 3 is 2.44 bits per heavy atom. The van der Waals surface area contributed by atoms with Crippen molar-refractivity contribution in [1.82, 2.24) is 10.2 Å². The largest absolute Gasteiger partial charge is 0.459 e. The summed E-state index contributed by atoms with van der Waals surface area (Å²) in [6.07, 6.45) is 5.55. The highest BCUT2D eigenvalue weighted by Gasteiger charge is 2.37. The number of fused-ring (bicyclic) bond motifs is 2. The second kappa shape index (κ2) is 5.69. The summed E-state index contributed by atoms with van der Waals surface area (Å²) in [5.74, 6) is -1.36. The van der Waals surface area contributed by atoms with Crippen LogP contribution in [0.2, 0.25) is 0 Å². The molecule has 2 heterocycles. The molecule has 2 fully saturated rings. The molecule has 2 rings (SSSR count). The second-order valence-electron chi connectivity index (χ2n) is 5.27. The lowest BCUT2D eigenvalue weighted by atomic mass is 9.82. The second-order valence-corrected chi connectivity index (χ2v) is 5.27. The molecule has 0 aromatic carbocycles. The summed E-state index contributed by atoms with van der Waals surface area (Å²) in [5.41, 5.74) is 0. The van der Waals surface area contributed by atoms with E-state index in [2.05, 4.69) is 17.3 Å². The van der Waals surface area contributed by atoms with Gasteiger partial charge < -0.3 is 15.0 Å². The maximum absolute atomic E-state index is 11.6. The van der Waals surface area contributed by atoms with Crippen LogP contribution in [0.5, 0.6) is 0 Å². The van der Waals surface area contributed by atoms with Crippen molar-refractivity contribution in [2.24, 2.45) is 0 Å². The number of nitrogens with zero attached hydrogens (tertiary/aromatic N) is 1. The number of piperidine rings is 2. The van der Waals surface area contributed by atoms with Crippen LogP contribution in [0.1, 0.15) is 39.0 Å².